The number of nitrogens with one attached hydrogen (secondary N) is 1. The van der Waals surface area contributed by atoms with Crippen molar-refractivity contribution in [3.63, 3.8) is 0 Å². The topological polar surface area (TPSA) is 86.7 Å². The van der Waals surface area contributed by atoms with E-state index < -0.39 is 17.8 Å². The average molecular weight is 308 g/mol. The minimum Gasteiger partial charge on any atom is -0.508 e. The lowest BCUT2D eigenvalue weighted by Crippen LogP contribution is -2.54. The number of benzene rings is 2. The summed E-state index contributed by atoms with van der Waals surface area (Å²) in [7, 11) is 0. The van der Waals surface area contributed by atoms with E-state index in [1.54, 1.807) is 24.3 Å². The van der Waals surface area contributed by atoms with E-state index in [-0.39, 0.29) is 17.0 Å². The van der Waals surface area contributed by atoms with Crippen LogP contribution in [0.2, 0.25) is 0 Å². The molecule has 0 aromatic heterocycles. The Morgan fingerprint density at radius 3 is 2.22 bits per heavy atom. The number of aromatic hydroxyl groups is 1. The molecule has 0 unspecified atom stereocenters. The van der Waals surface area contributed by atoms with Gasteiger partial charge in [0, 0.05) is 0 Å². The van der Waals surface area contributed by atoms with E-state index in [2.05, 4.69) is 5.32 Å². The molecule has 0 saturated carbocycles. The van der Waals surface area contributed by atoms with Crippen LogP contribution in [0.5, 0.6) is 5.75 Å². The van der Waals surface area contributed by atoms with Gasteiger partial charge in [0.25, 0.3) is 11.8 Å². The van der Waals surface area contributed by atoms with Crippen LogP contribution in [0.25, 0.3) is 6.08 Å². The molecule has 6 heteroatoms. The number of amides is 4. The Morgan fingerprint density at radius 2 is 1.57 bits per heavy atom. The van der Waals surface area contributed by atoms with Gasteiger partial charge in [-0.1, -0.05) is 30.3 Å². The Balaban J connectivity index is 2.01. The summed E-state index contributed by atoms with van der Waals surface area (Å²) >= 11 is 0. The molecule has 4 amide bonds. The number of nitrogens with zero attached hydrogens (tertiary/aromatic N) is 1. The number of urea groups is 1. The molecule has 2 aromatic carbocycles. The van der Waals surface area contributed by atoms with Crippen molar-refractivity contribution in [3.8, 4) is 5.75 Å². The predicted molar refractivity (Wildman–Crippen MR) is 83.6 cm³/mol. The van der Waals surface area contributed by atoms with Crippen molar-refractivity contribution in [2.24, 2.45) is 0 Å². The maximum Gasteiger partial charge on any atom is 0.335 e. The standard InChI is InChI=1S/C17H12N2O4/c20-13-8-6-12(7-9-13)19-16(22)14(15(21)18-17(19)23)10-11-4-2-1-3-5-11/h1-10,20H,(H,18,21,23)/b14-10+. The number of carbonyl (C=O) groups excluding carboxylic acids is 3. The summed E-state index contributed by atoms with van der Waals surface area (Å²) in [5.74, 6) is -1.44. The molecule has 1 heterocycles. The molecule has 1 aliphatic heterocycles. The van der Waals surface area contributed by atoms with E-state index in [1.165, 1.54) is 30.3 Å². The van der Waals surface area contributed by atoms with Gasteiger partial charge in [0.2, 0.25) is 0 Å². The zero-order valence-corrected chi connectivity index (χ0v) is 11.9. The lowest BCUT2D eigenvalue weighted by Gasteiger charge is -2.26. The van der Waals surface area contributed by atoms with Crippen molar-refractivity contribution < 1.29 is 19.5 Å². The lowest BCUT2D eigenvalue weighted by atomic mass is 10.1. The molecule has 1 saturated heterocycles. The second-order valence-corrected chi connectivity index (χ2v) is 4.88. The number of hydrogen-bond donors (Lipinski definition) is 2. The number of hydrogen-bond acceptors (Lipinski definition) is 4. The Morgan fingerprint density at radius 1 is 0.913 bits per heavy atom. The van der Waals surface area contributed by atoms with E-state index >= 15 is 0 Å². The van der Waals surface area contributed by atoms with Crippen molar-refractivity contribution >= 4 is 29.6 Å². The van der Waals surface area contributed by atoms with Crippen LogP contribution in [0.3, 0.4) is 0 Å². The fourth-order valence-corrected chi connectivity index (χ4v) is 2.21. The van der Waals surface area contributed by atoms with Crippen LogP contribution in [0.1, 0.15) is 5.56 Å². The van der Waals surface area contributed by atoms with Gasteiger partial charge in [-0.15, -0.1) is 0 Å². The van der Waals surface area contributed by atoms with E-state index in [9.17, 15) is 19.5 Å². The van der Waals surface area contributed by atoms with Gasteiger partial charge in [-0.2, -0.15) is 0 Å². The molecule has 2 N–H and O–H groups in total. The molecule has 1 aliphatic rings. The third-order valence-corrected chi connectivity index (χ3v) is 3.32. The summed E-state index contributed by atoms with van der Waals surface area (Å²) in [6.07, 6.45) is 1.43. The summed E-state index contributed by atoms with van der Waals surface area (Å²) in [6, 6.07) is 13.6. The van der Waals surface area contributed by atoms with Gasteiger partial charge in [-0.3, -0.25) is 14.9 Å². The molecule has 23 heavy (non-hydrogen) atoms. The predicted octanol–water partition coefficient (Wildman–Crippen LogP) is 2.06. The number of rotatable bonds is 2. The first-order chi connectivity index (χ1) is 11.1. The highest BCUT2D eigenvalue weighted by Crippen LogP contribution is 2.23. The minimum atomic E-state index is -0.823. The Labute approximate surface area is 131 Å². The van der Waals surface area contributed by atoms with Crippen molar-refractivity contribution in [2.45, 2.75) is 0 Å². The van der Waals surface area contributed by atoms with Crippen molar-refractivity contribution in [1.82, 2.24) is 5.32 Å². The molecule has 0 aliphatic carbocycles. The zero-order valence-electron chi connectivity index (χ0n) is 11.9. The number of barbiturate groups is 1. The number of anilines is 1. The number of carbonyl (C=O) groups is 3. The molecule has 2 aromatic rings. The van der Waals surface area contributed by atoms with E-state index in [0.717, 1.165) is 4.90 Å². The third-order valence-electron chi connectivity index (χ3n) is 3.32. The van der Waals surface area contributed by atoms with Crippen LogP contribution in [0.15, 0.2) is 60.2 Å². The number of imide groups is 2. The molecule has 0 spiro atoms. The van der Waals surface area contributed by atoms with Gasteiger partial charge in [0.1, 0.15) is 11.3 Å². The molecule has 0 bridgehead atoms. The van der Waals surface area contributed by atoms with Gasteiger partial charge in [-0.25, -0.2) is 9.69 Å². The first-order valence-corrected chi connectivity index (χ1v) is 6.82. The fraction of sp³-hybridized carbons (Fsp3) is 0. The number of phenolic OH excluding ortho intramolecular Hbond substituents is 1. The largest absolute Gasteiger partial charge is 0.508 e. The normalized spacial score (nSPS) is 16.6. The average Bonchev–Trinajstić information content (AvgIpc) is 2.54. The molecule has 3 rings (SSSR count). The second kappa shape index (κ2) is 5.76. The van der Waals surface area contributed by atoms with E-state index in [0.29, 0.717) is 5.56 Å². The minimum absolute atomic E-state index is 0.00902. The first kappa shape index (κ1) is 14.5. The molecule has 6 nitrogen and oxygen atoms in total. The highest BCUT2D eigenvalue weighted by Gasteiger charge is 2.36. The summed E-state index contributed by atoms with van der Waals surface area (Å²) in [5.41, 5.74) is 0.798. The lowest BCUT2D eigenvalue weighted by molar-refractivity contribution is -0.122. The fourth-order valence-electron chi connectivity index (χ4n) is 2.21. The Hall–Kier alpha value is -3.41. The molecular weight excluding hydrogens is 296 g/mol. The molecule has 114 valence electrons. The highest BCUT2D eigenvalue weighted by atomic mass is 16.3. The Bertz CT molecular complexity index is 810. The maximum absolute atomic E-state index is 12.5. The Kier molecular flexibility index (Phi) is 3.64. The molecular formula is C17H12N2O4. The molecule has 0 atom stereocenters. The summed E-state index contributed by atoms with van der Waals surface area (Å²) < 4.78 is 0. The van der Waals surface area contributed by atoms with Gasteiger partial charge in [0.05, 0.1) is 5.69 Å². The van der Waals surface area contributed by atoms with Gasteiger partial charge >= 0.3 is 6.03 Å². The van der Waals surface area contributed by atoms with Crippen molar-refractivity contribution in [1.29, 1.82) is 0 Å². The van der Waals surface area contributed by atoms with Crippen molar-refractivity contribution in [3.05, 3.63) is 65.7 Å². The van der Waals surface area contributed by atoms with Crippen LogP contribution in [0.4, 0.5) is 10.5 Å². The van der Waals surface area contributed by atoms with Crippen LogP contribution >= 0.6 is 0 Å². The van der Waals surface area contributed by atoms with Gasteiger partial charge in [-0.05, 0) is 35.9 Å². The monoisotopic (exact) mass is 308 g/mol. The van der Waals surface area contributed by atoms with E-state index in [4.69, 9.17) is 0 Å². The van der Waals surface area contributed by atoms with Crippen molar-refractivity contribution in [2.75, 3.05) is 4.90 Å². The summed E-state index contributed by atoms with van der Waals surface area (Å²) in [4.78, 5) is 37.4. The van der Waals surface area contributed by atoms with Crippen LogP contribution < -0.4 is 10.2 Å². The SMILES string of the molecule is O=C1NC(=O)N(c2ccc(O)cc2)C(=O)/C1=C/c1ccccc1. The summed E-state index contributed by atoms with van der Waals surface area (Å²) in [6.45, 7) is 0. The maximum atomic E-state index is 12.5. The van der Waals surface area contributed by atoms with Crippen LogP contribution in [-0.2, 0) is 9.59 Å². The van der Waals surface area contributed by atoms with E-state index in [1.807, 2.05) is 6.07 Å². The zero-order chi connectivity index (χ0) is 16.4. The van der Waals surface area contributed by atoms with Gasteiger partial charge in [0.15, 0.2) is 0 Å². The molecule has 1 fully saturated rings. The summed E-state index contributed by atoms with van der Waals surface area (Å²) in [5, 5.41) is 11.4. The first-order valence-electron chi connectivity index (χ1n) is 6.82. The molecule has 0 radical (unpaired) electrons. The van der Waals surface area contributed by atoms with Crippen LogP contribution in [0, 0.1) is 0 Å². The highest BCUT2D eigenvalue weighted by molar-refractivity contribution is 6.39. The van der Waals surface area contributed by atoms with Crippen LogP contribution in [-0.4, -0.2) is 23.0 Å². The number of phenols is 1. The second-order valence-electron chi connectivity index (χ2n) is 4.88. The van der Waals surface area contributed by atoms with Gasteiger partial charge < -0.3 is 5.11 Å². The smallest absolute Gasteiger partial charge is 0.335 e. The third kappa shape index (κ3) is 2.82. The quantitative estimate of drug-likeness (QED) is 0.657.